The summed E-state index contributed by atoms with van der Waals surface area (Å²) in [5, 5.41) is 7.70. The molecule has 0 saturated carbocycles. The van der Waals surface area contributed by atoms with E-state index in [1.54, 1.807) is 6.07 Å². The molecule has 0 aliphatic carbocycles. The minimum Gasteiger partial charge on any atom is -0.357 e. The predicted octanol–water partition coefficient (Wildman–Crippen LogP) is 3.91. The van der Waals surface area contributed by atoms with Crippen LogP contribution in [0.25, 0.3) is 0 Å². The molecule has 154 valence electrons. The molecule has 1 fully saturated rings. The first-order chi connectivity index (χ1) is 12.9. The Labute approximate surface area is 184 Å². The predicted molar refractivity (Wildman–Crippen MR) is 123 cm³/mol. The van der Waals surface area contributed by atoms with Crippen molar-refractivity contribution in [2.75, 3.05) is 26.2 Å². The van der Waals surface area contributed by atoms with E-state index in [-0.39, 0.29) is 35.2 Å². The lowest BCUT2D eigenvalue weighted by Gasteiger charge is -2.26. The summed E-state index contributed by atoms with van der Waals surface area (Å²) >= 11 is 0. The fourth-order valence-electron chi connectivity index (χ4n) is 3.67. The van der Waals surface area contributed by atoms with Crippen LogP contribution >= 0.6 is 24.0 Å². The van der Waals surface area contributed by atoms with Gasteiger partial charge in [-0.05, 0) is 30.5 Å². The number of aliphatic imine (C=N–C) groups is 1. The van der Waals surface area contributed by atoms with Gasteiger partial charge in [0.05, 0.1) is 12.7 Å². The van der Waals surface area contributed by atoms with Crippen molar-refractivity contribution >= 4 is 29.9 Å². The lowest BCUT2D eigenvalue weighted by atomic mass is 9.84. The number of aryl methyl sites for hydroxylation is 1. The Hall–Kier alpha value is -1.64. The quantitative estimate of drug-likeness (QED) is 0.386. The molecule has 3 rings (SSSR count). The maximum Gasteiger partial charge on any atom is 0.193 e. The molecule has 1 aliphatic rings. The molecule has 1 aromatic carbocycles. The standard InChI is InChI=1S/C21H30FN5.HI/c1-5-23-20(24-15-21(2,3)18-8-6-7-9-19(18)22)27-11-10-16(14-27)17-12-25-26(4)13-17;/h6-9,12-13,16H,5,10-11,14-15H2,1-4H3,(H,23,24);1H. The van der Waals surface area contributed by atoms with E-state index in [0.29, 0.717) is 18.0 Å². The second-order valence-electron chi connectivity index (χ2n) is 7.91. The summed E-state index contributed by atoms with van der Waals surface area (Å²) in [5.41, 5.74) is 1.62. The van der Waals surface area contributed by atoms with E-state index in [0.717, 1.165) is 32.0 Å². The summed E-state index contributed by atoms with van der Waals surface area (Å²) in [5.74, 6) is 1.22. The van der Waals surface area contributed by atoms with Gasteiger partial charge in [0.15, 0.2) is 5.96 Å². The van der Waals surface area contributed by atoms with Crippen LogP contribution in [0.5, 0.6) is 0 Å². The van der Waals surface area contributed by atoms with Gasteiger partial charge in [-0.3, -0.25) is 9.67 Å². The molecule has 0 bridgehead atoms. The van der Waals surface area contributed by atoms with E-state index >= 15 is 0 Å². The van der Waals surface area contributed by atoms with E-state index in [1.165, 1.54) is 11.6 Å². The topological polar surface area (TPSA) is 45.5 Å². The highest BCUT2D eigenvalue weighted by Crippen LogP contribution is 2.28. The molecule has 1 N–H and O–H groups in total. The average Bonchev–Trinajstić information content (AvgIpc) is 3.28. The molecular weight excluding hydrogens is 468 g/mol. The fourth-order valence-corrected chi connectivity index (χ4v) is 3.67. The number of rotatable bonds is 5. The molecule has 2 heterocycles. The van der Waals surface area contributed by atoms with Gasteiger partial charge < -0.3 is 10.2 Å². The highest BCUT2D eigenvalue weighted by atomic mass is 127. The normalized spacial score (nSPS) is 17.5. The number of aromatic nitrogens is 2. The van der Waals surface area contributed by atoms with Crippen LogP contribution < -0.4 is 5.32 Å². The summed E-state index contributed by atoms with van der Waals surface area (Å²) in [6.45, 7) is 9.40. The maximum atomic E-state index is 14.2. The Morgan fingerprint density at radius 1 is 1.36 bits per heavy atom. The molecule has 1 aromatic heterocycles. The zero-order chi connectivity index (χ0) is 19.4. The molecule has 1 saturated heterocycles. The van der Waals surface area contributed by atoms with Crippen LogP contribution in [-0.4, -0.2) is 46.8 Å². The third kappa shape index (κ3) is 5.24. The smallest absolute Gasteiger partial charge is 0.193 e. The van der Waals surface area contributed by atoms with Crippen LogP contribution in [0.2, 0.25) is 0 Å². The lowest BCUT2D eigenvalue weighted by Crippen LogP contribution is -2.41. The largest absolute Gasteiger partial charge is 0.357 e. The molecule has 1 unspecified atom stereocenters. The maximum absolute atomic E-state index is 14.2. The Kier molecular flexibility index (Phi) is 7.86. The van der Waals surface area contributed by atoms with Gasteiger partial charge >= 0.3 is 0 Å². The minimum absolute atomic E-state index is 0. The van der Waals surface area contributed by atoms with Crippen molar-refractivity contribution < 1.29 is 4.39 Å². The van der Waals surface area contributed by atoms with E-state index in [4.69, 9.17) is 4.99 Å². The highest BCUT2D eigenvalue weighted by molar-refractivity contribution is 14.0. The average molecular weight is 499 g/mol. The van der Waals surface area contributed by atoms with E-state index in [9.17, 15) is 4.39 Å². The molecule has 1 aliphatic heterocycles. The van der Waals surface area contributed by atoms with Crippen molar-refractivity contribution in [3.05, 3.63) is 53.6 Å². The van der Waals surface area contributed by atoms with Crippen LogP contribution in [0.3, 0.4) is 0 Å². The van der Waals surface area contributed by atoms with E-state index < -0.39 is 0 Å². The second kappa shape index (κ2) is 9.71. The van der Waals surface area contributed by atoms with Crippen molar-refractivity contribution in [2.24, 2.45) is 12.0 Å². The fraction of sp³-hybridized carbons (Fsp3) is 0.524. The van der Waals surface area contributed by atoms with Gasteiger partial charge in [-0.25, -0.2) is 4.39 Å². The first-order valence-corrected chi connectivity index (χ1v) is 9.67. The molecule has 7 heteroatoms. The number of guanidine groups is 1. The van der Waals surface area contributed by atoms with Gasteiger partial charge in [0, 0.05) is 44.2 Å². The van der Waals surface area contributed by atoms with Gasteiger partial charge in [-0.1, -0.05) is 32.0 Å². The Morgan fingerprint density at radius 3 is 2.75 bits per heavy atom. The monoisotopic (exact) mass is 499 g/mol. The van der Waals surface area contributed by atoms with E-state index in [2.05, 4.69) is 28.4 Å². The van der Waals surface area contributed by atoms with Crippen LogP contribution in [0.15, 0.2) is 41.7 Å². The number of halogens is 2. The summed E-state index contributed by atoms with van der Waals surface area (Å²) in [4.78, 5) is 7.17. The zero-order valence-corrected chi connectivity index (χ0v) is 19.5. The van der Waals surface area contributed by atoms with Gasteiger partial charge in [-0.2, -0.15) is 5.10 Å². The van der Waals surface area contributed by atoms with Crippen LogP contribution in [-0.2, 0) is 12.5 Å². The third-order valence-corrected chi connectivity index (χ3v) is 5.25. The number of benzene rings is 1. The van der Waals surface area contributed by atoms with Gasteiger partial charge in [0.1, 0.15) is 5.82 Å². The molecule has 0 radical (unpaired) electrons. The lowest BCUT2D eigenvalue weighted by molar-refractivity contribution is 0.465. The number of nitrogens with zero attached hydrogens (tertiary/aromatic N) is 4. The van der Waals surface area contributed by atoms with Crippen molar-refractivity contribution in [1.29, 1.82) is 0 Å². The second-order valence-corrected chi connectivity index (χ2v) is 7.91. The number of nitrogens with one attached hydrogen (secondary N) is 1. The third-order valence-electron chi connectivity index (χ3n) is 5.25. The van der Waals surface area contributed by atoms with Crippen molar-refractivity contribution in [2.45, 2.75) is 38.5 Å². The van der Waals surface area contributed by atoms with Crippen LogP contribution in [0.1, 0.15) is 44.2 Å². The zero-order valence-electron chi connectivity index (χ0n) is 17.2. The number of hydrogen-bond acceptors (Lipinski definition) is 2. The molecular formula is C21H31FIN5. The molecule has 2 aromatic rings. The number of likely N-dealkylation sites (tertiary alicyclic amines) is 1. The summed E-state index contributed by atoms with van der Waals surface area (Å²) in [6.07, 6.45) is 5.14. The molecule has 28 heavy (non-hydrogen) atoms. The highest BCUT2D eigenvalue weighted by Gasteiger charge is 2.28. The van der Waals surface area contributed by atoms with Crippen LogP contribution in [0, 0.1) is 5.82 Å². The Bertz CT molecular complexity index is 802. The van der Waals surface area contributed by atoms with Crippen LogP contribution in [0.4, 0.5) is 4.39 Å². The van der Waals surface area contributed by atoms with Gasteiger partial charge in [0.2, 0.25) is 0 Å². The van der Waals surface area contributed by atoms with Crippen molar-refractivity contribution in [3.63, 3.8) is 0 Å². The molecule has 1 atom stereocenters. The first kappa shape index (κ1) is 22.6. The van der Waals surface area contributed by atoms with Gasteiger partial charge in [0.25, 0.3) is 0 Å². The van der Waals surface area contributed by atoms with Crippen molar-refractivity contribution in [3.8, 4) is 0 Å². The first-order valence-electron chi connectivity index (χ1n) is 9.67. The van der Waals surface area contributed by atoms with Gasteiger partial charge in [-0.15, -0.1) is 24.0 Å². The Morgan fingerprint density at radius 2 is 2.11 bits per heavy atom. The summed E-state index contributed by atoms with van der Waals surface area (Å²) < 4.78 is 16.1. The number of hydrogen-bond donors (Lipinski definition) is 1. The molecule has 0 amide bonds. The Balaban J connectivity index is 0.00000280. The van der Waals surface area contributed by atoms with Crippen molar-refractivity contribution in [1.82, 2.24) is 20.0 Å². The summed E-state index contributed by atoms with van der Waals surface area (Å²) in [6, 6.07) is 6.98. The molecule has 0 spiro atoms. The molecule has 5 nitrogen and oxygen atoms in total. The van der Waals surface area contributed by atoms with E-state index in [1.807, 2.05) is 43.9 Å². The minimum atomic E-state index is -0.367. The summed E-state index contributed by atoms with van der Waals surface area (Å²) in [7, 11) is 1.95. The SMILES string of the molecule is CCNC(=NCC(C)(C)c1ccccc1F)N1CCC(c2cnn(C)c2)C1.I.